The summed E-state index contributed by atoms with van der Waals surface area (Å²) in [7, 11) is 0. The maximum atomic E-state index is 13.5. The quantitative estimate of drug-likeness (QED) is 0.787. The molecule has 0 saturated heterocycles. The second kappa shape index (κ2) is 5.09. The summed E-state index contributed by atoms with van der Waals surface area (Å²) in [6.07, 6.45) is -0.802. The van der Waals surface area contributed by atoms with Crippen LogP contribution in [0.1, 0.15) is 24.3 Å². The predicted molar refractivity (Wildman–Crippen MR) is 82.3 cm³/mol. The van der Waals surface area contributed by atoms with Crippen molar-refractivity contribution in [1.29, 1.82) is 0 Å². The summed E-state index contributed by atoms with van der Waals surface area (Å²) >= 11 is 1.44. The molecule has 1 atom stereocenters. The first-order chi connectivity index (χ1) is 9.99. The Bertz CT molecular complexity index is 880. The van der Waals surface area contributed by atoms with E-state index in [9.17, 15) is 14.3 Å². The number of nitrogens with zero attached hydrogens (tertiary/aromatic N) is 1. The molecule has 0 fully saturated rings. The molecule has 2 aromatic heterocycles. The number of aryl methyl sites for hydroxylation is 1. The fraction of sp³-hybridized carbons (Fsp3) is 0.188. The van der Waals surface area contributed by atoms with Gasteiger partial charge in [-0.15, -0.1) is 11.3 Å². The van der Waals surface area contributed by atoms with E-state index < -0.39 is 11.9 Å². The van der Waals surface area contributed by atoms with Crippen LogP contribution in [-0.2, 0) is 0 Å². The summed E-state index contributed by atoms with van der Waals surface area (Å²) in [5.41, 5.74) is 1.95. The van der Waals surface area contributed by atoms with Crippen molar-refractivity contribution in [3.63, 3.8) is 0 Å². The van der Waals surface area contributed by atoms with Crippen molar-refractivity contribution in [2.24, 2.45) is 0 Å². The van der Waals surface area contributed by atoms with Crippen molar-refractivity contribution >= 4 is 16.2 Å². The molecule has 2 heterocycles. The van der Waals surface area contributed by atoms with Gasteiger partial charge < -0.3 is 5.11 Å². The van der Waals surface area contributed by atoms with E-state index in [4.69, 9.17) is 0 Å². The molecule has 0 unspecified atom stereocenters. The van der Waals surface area contributed by atoms with Crippen molar-refractivity contribution in [2.75, 3.05) is 0 Å². The highest BCUT2D eigenvalue weighted by molar-refractivity contribution is 7.15. The first-order valence-corrected chi connectivity index (χ1v) is 7.45. The molecule has 21 heavy (non-hydrogen) atoms. The van der Waals surface area contributed by atoms with Gasteiger partial charge in [0.15, 0.2) is 0 Å². The van der Waals surface area contributed by atoms with Gasteiger partial charge in [0, 0.05) is 11.1 Å². The molecule has 0 amide bonds. The van der Waals surface area contributed by atoms with Gasteiger partial charge in [0.1, 0.15) is 10.6 Å². The molecule has 0 radical (unpaired) electrons. The molecular weight excluding hydrogens is 289 g/mol. The minimum absolute atomic E-state index is 0.229. The molecule has 0 saturated carbocycles. The topological polar surface area (TPSA) is 41.7 Å². The fourth-order valence-corrected chi connectivity index (χ4v) is 3.41. The number of halogens is 1. The third-order valence-corrected chi connectivity index (χ3v) is 4.47. The van der Waals surface area contributed by atoms with Gasteiger partial charge in [0.05, 0.1) is 11.7 Å². The Kier molecular flexibility index (Phi) is 3.39. The first-order valence-electron chi connectivity index (χ1n) is 6.57. The Morgan fingerprint density at radius 2 is 2.10 bits per heavy atom. The van der Waals surface area contributed by atoms with Gasteiger partial charge in [-0.05, 0) is 43.2 Å². The average Bonchev–Trinajstić information content (AvgIpc) is 2.80. The smallest absolute Gasteiger partial charge is 0.264 e. The molecule has 1 aromatic carbocycles. The van der Waals surface area contributed by atoms with E-state index in [1.54, 1.807) is 29.5 Å². The van der Waals surface area contributed by atoms with Crippen molar-refractivity contribution in [3.05, 3.63) is 63.1 Å². The SMILES string of the molecule is Cc1csc2cc([C@H](C)O)c(-c3cccc(F)c3)c(=O)n12. The largest absolute Gasteiger partial charge is 0.389 e. The third kappa shape index (κ3) is 2.28. The van der Waals surface area contributed by atoms with Crippen molar-refractivity contribution in [2.45, 2.75) is 20.0 Å². The second-order valence-corrected chi connectivity index (χ2v) is 5.91. The summed E-state index contributed by atoms with van der Waals surface area (Å²) in [4.78, 5) is 13.6. The summed E-state index contributed by atoms with van der Waals surface area (Å²) in [6.45, 7) is 3.46. The molecule has 0 spiro atoms. The van der Waals surface area contributed by atoms with E-state index >= 15 is 0 Å². The van der Waals surface area contributed by atoms with Crippen molar-refractivity contribution < 1.29 is 9.50 Å². The zero-order chi connectivity index (χ0) is 15.1. The van der Waals surface area contributed by atoms with E-state index in [0.29, 0.717) is 16.7 Å². The Morgan fingerprint density at radius 3 is 2.76 bits per heavy atom. The number of aliphatic hydroxyl groups is 1. The Labute approximate surface area is 124 Å². The normalized spacial score (nSPS) is 12.8. The van der Waals surface area contributed by atoms with Crippen molar-refractivity contribution in [1.82, 2.24) is 4.40 Å². The Balaban J connectivity index is 2.44. The van der Waals surface area contributed by atoms with Crippen LogP contribution in [0.2, 0.25) is 0 Å². The number of pyridine rings is 1. The molecule has 3 nitrogen and oxygen atoms in total. The van der Waals surface area contributed by atoms with Crippen LogP contribution in [0.3, 0.4) is 0 Å². The molecule has 3 rings (SSSR count). The Hall–Kier alpha value is -1.98. The molecular formula is C16H14FNO2S. The lowest BCUT2D eigenvalue weighted by Gasteiger charge is -2.13. The summed E-state index contributed by atoms with van der Waals surface area (Å²) in [5.74, 6) is -0.407. The number of hydrogen-bond donors (Lipinski definition) is 1. The highest BCUT2D eigenvalue weighted by atomic mass is 32.1. The number of fused-ring (bicyclic) bond motifs is 1. The lowest BCUT2D eigenvalue weighted by molar-refractivity contribution is 0.200. The summed E-state index contributed by atoms with van der Waals surface area (Å²) in [5, 5.41) is 11.9. The lowest BCUT2D eigenvalue weighted by Crippen LogP contribution is -2.18. The van der Waals surface area contributed by atoms with E-state index in [0.717, 1.165) is 10.5 Å². The molecule has 108 valence electrons. The minimum Gasteiger partial charge on any atom is -0.389 e. The van der Waals surface area contributed by atoms with Gasteiger partial charge in [0.25, 0.3) is 5.56 Å². The van der Waals surface area contributed by atoms with E-state index in [-0.39, 0.29) is 5.56 Å². The molecule has 3 aromatic rings. The average molecular weight is 303 g/mol. The second-order valence-electron chi connectivity index (χ2n) is 5.02. The fourth-order valence-electron chi connectivity index (χ4n) is 2.49. The maximum Gasteiger partial charge on any atom is 0.264 e. The molecule has 0 aliphatic carbocycles. The van der Waals surface area contributed by atoms with Crippen LogP contribution >= 0.6 is 11.3 Å². The number of rotatable bonds is 2. The summed E-state index contributed by atoms with van der Waals surface area (Å²) < 4.78 is 15.1. The van der Waals surface area contributed by atoms with E-state index in [1.165, 1.54) is 23.5 Å². The maximum absolute atomic E-state index is 13.5. The van der Waals surface area contributed by atoms with Gasteiger partial charge in [0.2, 0.25) is 0 Å². The lowest BCUT2D eigenvalue weighted by atomic mass is 9.98. The van der Waals surface area contributed by atoms with Crippen molar-refractivity contribution in [3.8, 4) is 11.1 Å². The van der Waals surface area contributed by atoms with Crippen LogP contribution < -0.4 is 5.56 Å². The van der Waals surface area contributed by atoms with Gasteiger partial charge >= 0.3 is 0 Å². The highest BCUT2D eigenvalue weighted by Gasteiger charge is 2.18. The number of thiazole rings is 1. The number of aromatic nitrogens is 1. The zero-order valence-corrected chi connectivity index (χ0v) is 12.4. The van der Waals surface area contributed by atoms with E-state index in [1.807, 2.05) is 12.3 Å². The number of benzene rings is 1. The predicted octanol–water partition coefficient (Wildman–Crippen LogP) is 3.53. The molecule has 0 bridgehead atoms. The van der Waals surface area contributed by atoms with Gasteiger partial charge in [-0.25, -0.2) is 4.39 Å². The zero-order valence-electron chi connectivity index (χ0n) is 11.6. The van der Waals surface area contributed by atoms with Crippen LogP contribution in [0.15, 0.2) is 40.5 Å². The van der Waals surface area contributed by atoms with Gasteiger partial charge in [-0.1, -0.05) is 12.1 Å². The standard InChI is InChI=1S/C16H14FNO2S/c1-9-8-21-14-7-13(10(2)19)15(16(20)18(9)14)11-4-3-5-12(17)6-11/h3-8,10,19H,1-2H3/t10-/m0/s1. The van der Waals surface area contributed by atoms with Gasteiger partial charge in [-0.3, -0.25) is 9.20 Å². The van der Waals surface area contributed by atoms with Crippen LogP contribution in [0, 0.1) is 12.7 Å². The van der Waals surface area contributed by atoms with Crippen LogP contribution in [0.5, 0.6) is 0 Å². The highest BCUT2D eigenvalue weighted by Crippen LogP contribution is 2.28. The molecule has 1 N–H and O–H groups in total. The van der Waals surface area contributed by atoms with Crippen LogP contribution in [0.4, 0.5) is 4.39 Å². The van der Waals surface area contributed by atoms with Crippen LogP contribution in [0.25, 0.3) is 16.0 Å². The third-order valence-electron chi connectivity index (χ3n) is 3.47. The molecule has 0 aliphatic rings. The number of hydrogen-bond acceptors (Lipinski definition) is 3. The molecule has 0 aliphatic heterocycles. The minimum atomic E-state index is -0.802. The van der Waals surface area contributed by atoms with Crippen LogP contribution in [-0.4, -0.2) is 9.51 Å². The number of aliphatic hydroxyl groups excluding tert-OH is 1. The van der Waals surface area contributed by atoms with E-state index in [2.05, 4.69) is 0 Å². The van der Waals surface area contributed by atoms with Gasteiger partial charge in [-0.2, -0.15) is 0 Å². The first kappa shape index (κ1) is 14.0. The molecule has 5 heteroatoms. The Morgan fingerprint density at radius 1 is 1.33 bits per heavy atom. The summed E-state index contributed by atoms with van der Waals surface area (Å²) in [6, 6.07) is 7.68. The monoisotopic (exact) mass is 303 g/mol.